The predicted octanol–water partition coefficient (Wildman–Crippen LogP) is 5.52. The van der Waals surface area contributed by atoms with Crippen molar-refractivity contribution >= 4 is 75.5 Å². The van der Waals surface area contributed by atoms with Crippen LogP contribution in [0, 0.1) is 0 Å². The second kappa shape index (κ2) is 11.6. The summed E-state index contributed by atoms with van der Waals surface area (Å²) in [4.78, 5) is 4.74. The standard InChI is InChI=1S/C19H21Cl2N3O.2ClH/c1-25-14-4-6-17-16(12-14)19(23-9-2-8-22-10-7-20)15-5-3-13(21)11-18(15)24-17;;/h3-6,11-12,22H,2,7-10H2,1H3,(H,23,24);2*1H. The molecule has 0 radical (unpaired) electrons. The fourth-order valence-corrected chi connectivity index (χ4v) is 3.13. The van der Waals surface area contributed by atoms with Crippen LogP contribution in [0.5, 0.6) is 5.75 Å². The molecule has 1 aromatic heterocycles. The van der Waals surface area contributed by atoms with Gasteiger partial charge in [0.25, 0.3) is 0 Å². The minimum absolute atomic E-state index is 0. The number of halogens is 4. The summed E-state index contributed by atoms with van der Waals surface area (Å²) in [7, 11) is 1.67. The highest BCUT2D eigenvalue weighted by Crippen LogP contribution is 2.34. The monoisotopic (exact) mass is 449 g/mol. The molecule has 0 spiro atoms. The number of methoxy groups -OCH3 is 1. The first-order valence-electron chi connectivity index (χ1n) is 8.30. The Balaban J connectivity index is 0.00000182. The number of hydrogen-bond acceptors (Lipinski definition) is 4. The Kier molecular flexibility index (Phi) is 10.3. The van der Waals surface area contributed by atoms with E-state index in [-0.39, 0.29) is 24.8 Å². The first-order valence-corrected chi connectivity index (χ1v) is 9.22. The number of anilines is 1. The molecule has 148 valence electrons. The van der Waals surface area contributed by atoms with E-state index in [9.17, 15) is 0 Å². The molecule has 0 saturated heterocycles. The maximum atomic E-state index is 6.15. The van der Waals surface area contributed by atoms with E-state index in [1.54, 1.807) is 7.11 Å². The number of fused-ring (bicyclic) bond motifs is 2. The molecule has 4 nitrogen and oxygen atoms in total. The molecule has 1 heterocycles. The molecule has 2 aromatic carbocycles. The van der Waals surface area contributed by atoms with E-state index >= 15 is 0 Å². The molecule has 0 atom stereocenters. The molecule has 0 unspecified atom stereocenters. The number of ether oxygens (including phenoxy) is 1. The second-order valence-corrected chi connectivity index (χ2v) is 6.57. The van der Waals surface area contributed by atoms with Crippen molar-refractivity contribution in [2.45, 2.75) is 6.42 Å². The first kappa shape index (κ1) is 23.9. The summed E-state index contributed by atoms with van der Waals surface area (Å²) in [5.41, 5.74) is 2.86. The highest BCUT2D eigenvalue weighted by molar-refractivity contribution is 6.31. The van der Waals surface area contributed by atoms with Gasteiger partial charge in [-0.3, -0.25) is 0 Å². The average Bonchev–Trinajstić information content (AvgIpc) is 2.63. The predicted molar refractivity (Wildman–Crippen MR) is 122 cm³/mol. The Morgan fingerprint density at radius 1 is 0.963 bits per heavy atom. The van der Waals surface area contributed by atoms with E-state index in [1.807, 2.05) is 36.4 Å². The molecule has 0 aliphatic carbocycles. The van der Waals surface area contributed by atoms with Crippen LogP contribution in [-0.2, 0) is 0 Å². The molecule has 3 aromatic rings. The smallest absolute Gasteiger partial charge is 0.119 e. The van der Waals surface area contributed by atoms with Crippen molar-refractivity contribution in [3.63, 3.8) is 0 Å². The molecule has 8 heteroatoms. The lowest BCUT2D eigenvalue weighted by atomic mass is 10.1. The van der Waals surface area contributed by atoms with Crippen molar-refractivity contribution < 1.29 is 4.74 Å². The number of alkyl halides is 1. The molecule has 0 aliphatic rings. The van der Waals surface area contributed by atoms with Gasteiger partial charge in [0.05, 0.1) is 23.8 Å². The number of rotatable bonds is 8. The molecular formula is C19H23Cl4N3O. The molecule has 27 heavy (non-hydrogen) atoms. The number of hydrogen-bond donors (Lipinski definition) is 2. The number of aromatic nitrogens is 1. The summed E-state index contributed by atoms with van der Waals surface area (Å²) in [5, 5.41) is 9.65. The summed E-state index contributed by atoms with van der Waals surface area (Å²) in [6, 6.07) is 11.7. The van der Waals surface area contributed by atoms with Crippen molar-refractivity contribution in [2.75, 3.05) is 37.9 Å². The maximum absolute atomic E-state index is 6.15. The van der Waals surface area contributed by atoms with E-state index in [2.05, 4.69) is 10.6 Å². The van der Waals surface area contributed by atoms with Gasteiger partial charge in [-0.2, -0.15) is 0 Å². The zero-order chi connectivity index (χ0) is 17.6. The SMILES string of the molecule is COc1ccc2nc3cc(Cl)ccc3c(NCCCNCCCl)c2c1.Cl.Cl. The molecule has 0 bridgehead atoms. The highest BCUT2D eigenvalue weighted by atomic mass is 35.5. The van der Waals surface area contributed by atoms with Gasteiger partial charge in [-0.1, -0.05) is 11.6 Å². The Hall–Kier alpha value is -1.17. The fourth-order valence-electron chi connectivity index (χ4n) is 2.83. The summed E-state index contributed by atoms with van der Waals surface area (Å²) < 4.78 is 5.38. The van der Waals surface area contributed by atoms with Crippen molar-refractivity contribution in [1.29, 1.82) is 0 Å². The minimum Gasteiger partial charge on any atom is -0.497 e. The van der Waals surface area contributed by atoms with Crippen LogP contribution in [0.15, 0.2) is 36.4 Å². The van der Waals surface area contributed by atoms with Gasteiger partial charge in [-0.25, -0.2) is 4.98 Å². The Morgan fingerprint density at radius 3 is 2.52 bits per heavy atom. The molecule has 0 fully saturated rings. The van der Waals surface area contributed by atoms with Gasteiger partial charge in [0.1, 0.15) is 5.75 Å². The van der Waals surface area contributed by atoms with Crippen LogP contribution in [0.2, 0.25) is 5.02 Å². The third kappa shape index (κ3) is 5.90. The molecule has 0 amide bonds. The van der Waals surface area contributed by atoms with Gasteiger partial charge in [0, 0.05) is 34.8 Å². The zero-order valence-corrected chi connectivity index (χ0v) is 18.1. The van der Waals surface area contributed by atoms with E-state index in [0.29, 0.717) is 10.9 Å². The van der Waals surface area contributed by atoms with E-state index in [0.717, 1.165) is 59.3 Å². The number of benzene rings is 2. The van der Waals surface area contributed by atoms with E-state index in [1.165, 1.54) is 0 Å². The Morgan fingerprint density at radius 2 is 1.78 bits per heavy atom. The second-order valence-electron chi connectivity index (χ2n) is 5.75. The topological polar surface area (TPSA) is 46.2 Å². The Bertz CT molecular complexity index is 876. The third-order valence-corrected chi connectivity index (χ3v) is 4.47. The van der Waals surface area contributed by atoms with Crippen LogP contribution in [0.1, 0.15) is 6.42 Å². The van der Waals surface area contributed by atoms with Gasteiger partial charge in [0.2, 0.25) is 0 Å². The van der Waals surface area contributed by atoms with Crippen molar-refractivity contribution in [3.8, 4) is 5.75 Å². The van der Waals surface area contributed by atoms with Crippen LogP contribution < -0.4 is 15.4 Å². The van der Waals surface area contributed by atoms with Crippen LogP contribution in [-0.4, -0.2) is 37.6 Å². The average molecular weight is 451 g/mol. The largest absolute Gasteiger partial charge is 0.497 e. The van der Waals surface area contributed by atoms with E-state index in [4.69, 9.17) is 32.9 Å². The summed E-state index contributed by atoms with van der Waals surface area (Å²) in [5.74, 6) is 1.45. The summed E-state index contributed by atoms with van der Waals surface area (Å²) in [6.45, 7) is 2.61. The molecule has 2 N–H and O–H groups in total. The summed E-state index contributed by atoms with van der Waals surface area (Å²) in [6.07, 6.45) is 1.000. The number of nitrogens with one attached hydrogen (secondary N) is 2. The number of nitrogens with zero attached hydrogens (tertiary/aromatic N) is 1. The normalized spacial score (nSPS) is 10.3. The molecule has 3 rings (SSSR count). The highest BCUT2D eigenvalue weighted by Gasteiger charge is 2.10. The van der Waals surface area contributed by atoms with Gasteiger partial charge in [0.15, 0.2) is 0 Å². The Labute approximate surface area is 181 Å². The van der Waals surface area contributed by atoms with Gasteiger partial charge >= 0.3 is 0 Å². The molecular weight excluding hydrogens is 428 g/mol. The zero-order valence-electron chi connectivity index (χ0n) is 14.9. The van der Waals surface area contributed by atoms with Crippen molar-refractivity contribution in [3.05, 3.63) is 41.4 Å². The lowest BCUT2D eigenvalue weighted by Crippen LogP contribution is -2.20. The fraction of sp³-hybridized carbons (Fsp3) is 0.316. The van der Waals surface area contributed by atoms with Crippen LogP contribution in [0.25, 0.3) is 21.8 Å². The van der Waals surface area contributed by atoms with Crippen LogP contribution >= 0.6 is 48.0 Å². The third-order valence-electron chi connectivity index (χ3n) is 4.05. The lowest BCUT2D eigenvalue weighted by molar-refractivity contribution is 0.415. The van der Waals surface area contributed by atoms with Crippen LogP contribution in [0.3, 0.4) is 0 Å². The lowest BCUT2D eigenvalue weighted by Gasteiger charge is -2.14. The minimum atomic E-state index is 0. The summed E-state index contributed by atoms with van der Waals surface area (Å²) >= 11 is 11.8. The van der Waals surface area contributed by atoms with Crippen LogP contribution in [0.4, 0.5) is 5.69 Å². The van der Waals surface area contributed by atoms with Gasteiger partial charge in [-0.05, 0) is 49.4 Å². The number of pyridine rings is 1. The van der Waals surface area contributed by atoms with Crippen molar-refractivity contribution in [1.82, 2.24) is 10.3 Å². The van der Waals surface area contributed by atoms with Gasteiger partial charge in [-0.15, -0.1) is 36.4 Å². The molecule has 0 saturated carbocycles. The maximum Gasteiger partial charge on any atom is 0.119 e. The molecule has 0 aliphatic heterocycles. The van der Waals surface area contributed by atoms with Gasteiger partial charge < -0.3 is 15.4 Å². The van der Waals surface area contributed by atoms with E-state index < -0.39 is 0 Å². The van der Waals surface area contributed by atoms with Crippen molar-refractivity contribution in [2.24, 2.45) is 0 Å². The quantitative estimate of drug-likeness (QED) is 0.269. The first-order chi connectivity index (χ1) is 12.2.